The van der Waals surface area contributed by atoms with Crippen molar-refractivity contribution >= 4 is 40.3 Å². The summed E-state index contributed by atoms with van der Waals surface area (Å²) >= 11 is 12.9. The first-order valence-electron chi connectivity index (χ1n) is 12.7. The first-order valence-corrected chi connectivity index (χ1v) is 13.5. The van der Waals surface area contributed by atoms with Crippen LogP contribution in [0.3, 0.4) is 0 Å². The van der Waals surface area contributed by atoms with Gasteiger partial charge in [-0.3, -0.25) is 9.97 Å². The molecule has 3 aromatic heterocycles. The summed E-state index contributed by atoms with van der Waals surface area (Å²) in [6.07, 6.45) is 9.91. The van der Waals surface area contributed by atoms with E-state index in [1.807, 2.05) is 48.9 Å². The van der Waals surface area contributed by atoms with Crippen molar-refractivity contribution in [2.45, 2.75) is 31.8 Å². The van der Waals surface area contributed by atoms with E-state index >= 15 is 0 Å². The zero-order chi connectivity index (χ0) is 25.4. The number of thiocarbonyl (C=S) groups is 1. The average Bonchev–Trinajstić information content (AvgIpc) is 3.54. The Balaban J connectivity index is 1.42. The minimum Gasteiger partial charge on any atom is -0.370 e. The highest BCUT2D eigenvalue weighted by atomic mass is 35.5. The molecule has 2 aliphatic heterocycles. The van der Waals surface area contributed by atoms with Crippen LogP contribution >= 0.6 is 23.8 Å². The summed E-state index contributed by atoms with van der Waals surface area (Å²) in [6.45, 7) is 4.39. The number of anilines is 2. The van der Waals surface area contributed by atoms with Crippen LogP contribution in [0.25, 0.3) is 5.69 Å². The molecule has 5 heterocycles. The number of hydrogen-bond acceptors (Lipinski definition) is 4. The van der Waals surface area contributed by atoms with Crippen molar-refractivity contribution < 1.29 is 0 Å². The predicted octanol–water partition coefficient (Wildman–Crippen LogP) is 6.33. The van der Waals surface area contributed by atoms with Gasteiger partial charge in [-0.05, 0) is 85.6 Å². The molecule has 2 aliphatic rings. The van der Waals surface area contributed by atoms with Gasteiger partial charge in [0.1, 0.15) is 6.04 Å². The lowest BCUT2D eigenvalue weighted by atomic mass is 9.98. The first kappa shape index (κ1) is 23.9. The third-order valence-corrected chi connectivity index (χ3v) is 8.07. The SMILES string of the molecule is CC1CCN(c2ccc(N3C(=S)N[C@@H](c4ccccn4)[C@H]3c3cccn3-c3ccncc3)cc2Cl)CC1. The zero-order valence-corrected chi connectivity index (χ0v) is 22.2. The predicted molar refractivity (Wildman–Crippen MR) is 154 cm³/mol. The minimum atomic E-state index is -0.136. The van der Waals surface area contributed by atoms with Crippen molar-refractivity contribution in [1.82, 2.24) is 19.9 Å². The maximum Gasteiger partial charge on any atom is 0.174 e. The fourth-order valence-corrected chi connectivity index (χ4v) is 6.10. The highest BCUT2D eigenvalue weighted by Crippen LogP contribution is 2.44. The second kappa shape index (κ2) is 10.1. The van der Waals surface area contributed by atoms with Gasteiger partial charge in [-0.1, -0.05) is 24.6 Å². The maximum atomic E-state index is 6.92. The van der Waals surface area contributed by atoms with Crippen LogP contribution in [-0.2, 0) is 0 Å². The van der Waals surface area contributed by atoms with E-state index in [2.05, 4.69) is 73.1 Å². The van der Waals surface area contributed by atoms with Crippen LogP contribution in [0, 0.1) is 5.92 Å². The molecule has 0 bridgehead atoms. The lowest BCUT2D eigenvalue weighted by Gasteiger charge is -2.33. The molecule has 8 heteroatoms. The summed E-state index contributed by atoms with van der Waals surface area (Å²) in [5, 5.41) is 4.95. The lowest BCUT2D eigenvalue weighted by molar-refractivity contribution is 0.438. The van der Waals surface area contributed by atoms with Crippen molar-refractivity contribution in [3.8, 4) is 5.69 Å². The molecule has 4 aromatic rings. The van der Waals surface area contributed by atoms with Crippen LogP contribution in [0.5, 0.6) is 0 Å². The Hall–Kier alpha value is -3.42. The quantitative estimate of drug-likeness (QED) is 0.305. The molecular formula is C29H29ClN6S. The largest absolute Gasteiger partial charge is 0.370 e. The number of pyridine rings is 2. The third kappa shape index (κ3) is 4.58. The van der Waals surface area contributed by atoms with Crippen LogP contribution < -0.4 is 15.1 Å². The Labute approximate surface area is 227 Å². The maximum absolute atomic E-state index is 6.92. The molecule has 0 unspecified atom stereocenters. The molecule has 0 saturated carbocycles. The van der Waals surface area contributed by atoms with Crippen LogP contribution in [0.2, 0.25) is 5.02 Å². The Morgan fingerprint density at radius 1 is 0.946 bits per heavy atom. The fraction of sp³-hybridized carbons (Fsp3) is 0.276. The van der Waals surface area contributed by atoms with E-state index in [1.165, 1.54) is 12.8 Å². The fourth-order valence-electron chi connectivity index (χ4n) is 5.46. The number of rotatable bonds is 5. The van der Waals surface area contributed by atoms with Crippen LogP contribution in [0.15, 0.2) is 85.5 Å². The van der Waals surface area contributed by atoms with Gasteiger partial charge >= 0.3 is 0 Å². The van der Waals surface area contributed by atoms with Crippen LogP contribution in [0.4, 0.5) is 11.4 Å². The van der Waals surface area contributed by atoms with E-state index in [0.29, 0.717) is 5.11 Å². The smallest absolute Gasteiger partial charge is 0.174 e. The summed E-state index contributed by atoms with van der Waals surface area (Å²) in [6, 6.07) is 20.3. The van der Waals surface area contributed by atoms with Gasteiger partial charge in [0.05, 0.1) is 22.4 Å². The van der Waals surface area contributed by atoms with Gasteiger partial charge < -0.3 is 19.7 Å². The molecule has 2 fully saturated rings. The van der Waals surface area contributed by atoms with E-state index in [-0.39, 0.29) is 12.1 Å². The molecule has 2 atom stereocenters. The normalized spacial score (nSPS) is 20.3. The van der Waals surface area contributed by atoms with Gasteiger partial charge in [0.2, 0.25) is 0 Å². The summed E-state index contributed by atoms with van der Waals surface area (Å²) in [5.41, 5.74) is 5.13. The van der Waals surface area contributed by atoms with Gasteiger partial charge in [0, 0.05) is 54.9 Å². The Kier molecular flexibility index (Phi) is 6.57. The molecule has 1 N–H and O–H groups in total. The number of halogens is 1. The molecule has 1 aromatic carbocycles. The number of hydrogen-bond donors (Lipinski definition) is 1. The number of aromatic nitrogens is 3. The Bertz CT molecular complexity index is 1380. The third-order valence-electron chi connectivity index (χ3n) is 7.46. The summed E-state index contributed by atoms with van der Waals surface area (Å²) < 4.78 is 2.19. The van der Waals surface area contributed by atoms with E-state index in [1.54, 1.807) is 0 Å². The molecule has 6 nitrogen and oxygen atoms in total. The Morgan fingerprint density at radius 3 is 2.49 bits per heavy atom. The van der Waals surface area contributed by atoms with Crippen LogP contribution in [-0.4, -0.2) is 32.7 Å². The zero-order valence-electron chi connectivity index (χ0n) is 20.7. The molecular weight excluding hydrogens is 500 g/mol. The van der Waals surface area contributed by atoms with Gasteiger partial charge in [-0.25, -0.2) is 0 Å². The van der Waals surface area contributed by atoms with Crippen molar-refractivity contribution in [3.05, 3.63) is 102 Å². The van der Waals surface area contributed by atoms with Crippen molar-refractivity contribution in [1.29, 1.82) is 0 Å². The standard InChI is InChI=1S/C29H29ClN6S/c1-20-11-17-34(18-12-20)25-8-7-22(19-23(25)30)36-28(27(33-29(36)37)24-5-2-3-13-32-24)26-6-4-16-35(26)21-9-14-31-15-10-21/h2-10,13-16,19-20,27-28H,11-12,17-18H2,1H3,(H,33,37)/t27-,28+/m0/s1. The molecule has 0 amide bonds. The van der Waals surface area contributed by atoms with E-state index < -0.39 is 0 Å². The minimum absolute atomic E-state index is 0.133. The monoisotopic (exact) mass is 528 g/mol. The lowest BCUT2D eigenvalue weighted by Crippen LogP contribution is -2.33. The highest BCUT2D eigenvalue weighted by Gasteiger charge is 2.42. The van der Waals surface area contributed by atoms with Crippen molar-refractivity contribution in [3.63, 3.8) is 0 Å². The second-order valence-electron chi connectivity index (χ2n) is 9.81. The topological polar surface area (TPSA) is 49.2 Å². The molecule has 0 aliphatic carbocycles. The first-order chi connectivity index (χ1) is 18.1. The molecule has 2 saturated heterocycles. The van der Waals surface area contributed by atoms with E-state index in [4.69, 9.17) is 23.8 Å². The molecule has 0 spiro atoms. The number of benzene rings is 1. The van der Waals surface area contributed by atoms with E-state index in [0.717, 1.165) is 52.5 Å². The average molecular weight is 529 g/mol. The van der Waals surface area contributed by atoms with Crippen LogP contribution in [0.1, 0.15) is 43.2 Å². The molecule has 0 radical (unpaired) electrons. The number of nitrogens with zero attached hydrogens (tertiary/aromatic N) is 5. The van der Waals surface area contributed by atoms with Crippen molar-refractivity contribution in [2.24, 2.45) is 5.92 Å². The molecule has 6 rings (SSSR count). The van der Waals surface area contributed by atoms with Gasteiger partial charge in [-0.2, -0.15) is 0 Å². The highest BCUT2D eigenvalue weighted by molar-refractivity contribution is 7.80. The van der Waals surface area contributed by atoms with Gasteiger partial charge in [0.25, 0.3) is 0 Å². The summed E-state index contributed by atoms with van der Waals surface area (Å²) in [5.74, 6) is 0.767. The second-order valence-corrected chi connectivity index (χ2v) is 10.6. The summed E-state index contributed by atoms with van der Waals surface area (Å²) in [7, 11) is 0. The van der Waals surface area contributed by atoms with Gasteiger partial charge in [0.15, 0.2) is 5.11 Å². The Morgan fingerprint density at radius 2 is 1.76 bits per heavy atom. The summed E-state index contributed by atoms with van der Waals surface area (Å²) in [4.78, 5) is 13.5. The number of nitrogens with one attached hydrogen (secondary N) is 1. The molecule has 188 valence electrons. The van der Waals surface area contributed by atoms with Crippen molar-refractivity contribution in [2.75, 3.05) is 22.9 Å². The van der Waals surface area contributed by atoms with Gasteiger partial charge in [-0.15, -0.1) is 0 Å². The van der Waals surface area contributed by atoms with E-state index in [9.17, 15) is 0 Å². The number of piperidine rings is 1. The molecule has 37 heavy (non-hydrogen) atoms.